The van der Waals surface area contributed by atoms with Crippen LogP contribution < -0.4 is 9.47 Å². The number of rotatable bonds is 12. The molecule has 2 rings (SSSR count). The standard InChI is InChI=1S/C22H26F5NO3/c1-28(2)13-12-19(30-21(23)24)15-29-20-9-4-3-7-17(20)11-10-16-6-5-8-18(14-16)31-22(25,26)27/h3-9,14,19,21H,10-13,15H2,1-2H3. The summed E-state index contributed by atoms with van der Waals surface area (Å²) in [6, 6.07) is 12.9. The van der Waals surface area contributed by atoms with Gasteiger partial charge in [-0.2, -0.15) is 8.78 Å². The summed E-state index contributed by atoms with van der Waals surface area (Å²) in [5.74, 6) is 0.250. The number of ether oxygens (including phenoxy) is 3. The first kappa shape index (κ1) is 24.9. The molecule has 31 heavy (non-hydrogen) atoms. The average molecular weight is 447 g/mol. The Morgan fingerprint density at radius 1 is 0.968 bits per heavy atom. The lowest BCUT2D eigenvalue weighted by Gasteiger charge is -2.21. The molecule has 0 saturated heterocycles. The molecular weight excluding hydrogens is 421 g/mol. The number of hydrogen-bond acceptors (Lipinski definition) is 4. The third-order valence-corrected chi connectivity index (χ3v) is 4.41. The molecule has 0 aromatic heterocycles. The summed E-state index contributed by atoms with van der Waals surface area (Å²) in [6.07, 6.45) is -4.20. The van der Waals surface area contributed by atoms with Crippen molar-refractivity contribution in [3.63, 3.8) is 0 Å². The molecule has 0 fully saturated rings. The first-order valence-corrected chi connectivity index (χ1v) is 9.76. The second-order valence-corrected chi connectivity index (χ2v) is 7.22. The van der Waals surface area contributed by atoms with Gasteiger partial charge in [-0.15, -0.1) is 13.2 Å². The van der Waals surface area contributed by atoms with E-state index in [9.17, 15) is 22.0 Å². The van der Waals surface area contributed by atoms with Crippen LogP contribution in [0.3, 0.4) is 0 Å². The third kappa shape index (κ3) is 9.97. The maximum Gasteiger partial charge on any atom is 0.573 e. The van der Waals surface area contributed by atoms with E-state index in [1.807, 2.05) is 31.1 Å². The minimum absolute atomic E-state index is 0.0376. The van der Waals surface area contributed by atoms with Gasteiger partial charge in [-0.3, -0.25) is 0 Å². The summed E-state index contributed by atoms with van der Waals surface area (Å²) < 4.78 is 77.0. The Morgan fingerprint density at radius 2 is 1.71 bits per heavy atom. The van der Waals surface area contributed by atoms with Crippen LogP contribution in [0.1, 0.15) is 17.5 Å². The van der Waals surface area contributed by atoms with Gasteiger partial charge in [-0.25, -0.2) is 0 Å². The lowest BCUT2D eigenvalue weighted by Crippen LogP contribution is -2.28. The first-order chi connectivity index (χ1) is 14.6. The average Bonchev–Trinajstić information content (AvgIpc) is 2.67. The van der Waals surface area contributed by atoms with Crippen molar-refractivity contribution in [1.29, 1.82) is 0 Å². The third-order valence-electron chi connectivity index (χ3n) is 4.41. The number of alkyl halides is 5. The van der Waals surface area contributed by atoms with E-state index in [4.69, 9.17) is 4.74 Å². The van der Waals surface area contributed by atoms with Gasteiger partial charge in [0.2, 0.25) is 0 Å². The van der Waals surface area contributed by atoms with Crippen molar-refractivity contribution < 1.29 is 36.2 Å². The van der Waals surface area contributed by atoms with Crippen LogP contribution in [-0.4, -0.2) is 51.2 Å². The molecule has 0 amide bonds. The van der Waals surface area contributed by atoms with Crippen molar-refractivity contribution in [2.24, 2.45) is 0 Å². The molecule has 0 heterocycles. The zero-order valence-corrected chi connectivity index (χ0v) is 17.4. The summed E-state index contributed by atoms with van der Waals surface area (Å²) in [7, 11) is 3.68. The molecule has 0 aliphatic rings. The SMILES string of the molecule is CN(C)CCC(COc1ccccc1CCc1cccc(OC(F)(F)F)c1)OC(F)F. The quantitative estimate of drug-likeness (QED) is 0.413. The van der Waals surface area contributed by atoms with Crippen LogP contribution in [0.15, 0.2) is 48.5 Å². The van der Waals surface area contributed by atoms with Crippen molar-refractivity contribution in [1.82, 2.24) is 4.90 Å². The Bertz CT molecular complexity index is 799. The molecule has 0 radical (unpaired) electrons. The van der Waals surface area contributed by atoms with Crippen molar-refractivity contribution in [2.45, 2.75) is 38.3 Å². The molecular formula is C22H26F5NO3. The monoisotopic (exact) mass is 447 g/mol. The molecule has 0 aliphatic carbocycles. The van der Waals surface area contributed by atoms with Crippen molar-refractivity contribution in [3.8, 4) is 11.5 Å². The molecule has 0 spiro atoms. The molecule has 4 nitrogen and oxygen atoms in total. The molecule has 2 aromatic rings. The number of para-hydroxylation sites is 1. The van der Waals surface area contributed by atoms with Crippen LogP contribution in [-0.2, 0) is 17.6 Å². The molecule has 1 unspecified atom stereocenters. The normalized spacial score (nSPS) is 12.9. The summed E-state index contributed by atoms with van der Waals surface area (Å²) in [5.41, 5.74) is 1.48. The predicted molar refractivity (Wildman–Crippen MR) is 107 cm³/mol. The zero-order valence-electron chi connectivity index (χ0n) is 17.4. The van der Waals surface area contributed by atoms with Gasteiger partial charge in [0, 0.05) is 6.54 Å². The van der Waals surface area contributed by atoms with E-state index in [-0.39, 0.29) is 12.4 Å². The number of benzene rings is 2. The summed E-state index contributed by atoms with van der Waals surface area (Å²) in [4.78, 5) is 1.87. The topological polar surface area (TPSA) is 30.9 Å². The minimum atomic E-state index is -4.75. The Kier molecular flexibility index (Phi) is 9.51. The number of halogens is 5. The predicted octanol–water partition coefficient (Wildman–Crippen LogP) is 5.31. The van der Waals surface area contributed by atoms with Crippen molar-refractivity contribution in [3.05, 3.63) is 59.7 Å². The maximum absolute atomic E-state index is 12.7. The molecule has 1 atom stereocenters. The van der Waals surface area contributed by atoms with E-state index in [0.717, 1.165) is 5.56 Å². The molecule has 172 valence electrons. The zero-order chi connectivity index (χ0) is 22.9. The Balaban J connectivity index is 1.99. The fourth-order valence-corrected chi connectivity index (χ4v) is 2.95. The van der Waals surface area contributed by atoms with E-state index in [1.165, 1.54) is 18.2 Å². The van der Waals surface area contributed by atoms with Gasteiger partial charge in [0.1, 0.15) is 18.1 Å². The van der Waals surface area contributed by atoms with Gasteiger partial charge >= 0.3 is 13.0 Å². The highest BCUT2D eigenvalue weighted by Crippen LogP contribution is 2.25. The molecule has 0 N–H and O–H groups in total. The molecule has 9 heteroatoms. The summed E-state index contributed by atoms with van der Waals surface area (Å²) in [6.45, 7) is -2.36. The van der Waals surface area contributed by atoms with Gasteiger partial charge < -0.3 is 19.1 Å². The maximum atomic E-state index is 12.7. The van der Waals surface area contributed by atoms with Crippen LogP contribution in [0.25, 0.3) is 0 Å². The van der Waals surface area contributed by atoms with E-state index in [1.54, 1.807) is 18.2 Å². The van der Waals surface area contributed by atoms with Gasteiger partial charge in [0.05, 0.1) is 6.10 Å². The highest BCUT2D eigenvalue weighted by molar-refractivity contribution is 5.35. The van der Waals surface area contributed by atoms with Crippen LogP contribution in [0.2, 0.25) is 0 Å². The number of nitrogens with zero attached hydrogens (tertiary/aromatic N) is 1. The van der Waals surface area contributed by atoms with Gasteiger partial charge in [-0.1, -0.05) is 30.3 Å². The largest absolute Gasteiger partial charge is 0.573 e. The van der Waals surface area contributed by atoms with E-state index >= 15 is 0 Å². The lowest BCUT2D eigenvalue weighted by molar-refractivity contribution is -0.274. The second-order valence-electron chi connectivity index (χ2n) is 7.22. The molecule has 0 aliphatic heterocycles. The highest BCUT2D eigenvalue weighted by Gasteiger charge is 2.31. The van der Waals surface area contributed by atoms with E-state index < -0.39 is 19.1 Å². The van der Waals surface area contributed by atoms with Crippen LogP contribution >= 0.6 is 0 Å². The highest BCUT2D eigenvalue weighted by atomic mass is 19.4. The van der Waals surface area contributed by atoms with Crippen molar-refractivity contribution >= 4 is 0 Å². The number of hydrogen-bond donors (Lipinski definition) is 0. The minimum Gasteiger partial charge on any atom is -0.491 e. The van der Waals surface area contributed by atoms with Crippen LogP contribution in [0.4, 0.5) is 22.0 Å². The molecule has 0 bridgehead atoms. The Morgan fingerprint density at radius 3 is 2.39 bits per heavy atom. The van der Waals surface area contributed by atoms with Gasteiger partial charge in [0.15, 0.2) is 0 Å². The first-order valence-electron chi connectivity index (χ1n) is 9.76. The van der Waals surface area contributed by atoms with E-state index in [2.05, 4.69) is 9.47 Å². The lowest BCUT2D eigenvalue weighted by atomic mass is 10.0. The Hall–Kier alpha value is -2.39. The van der Waals surface area contributed by atoms with Crippen LogP contribution in [0.5, 0.6) is 11.5 Å². The Labute approximate surface area is 178 Å². The fourth-order valence-electron chi connectivity index (χ4n) is 2.95. The summed E-state index contributed by atoms with van der Waals surface area (Å²) in [5, 5.41) is 0. The van der Waals surface area contributed by atoms with Crippen LogP contribution in [0, 0.1) is 0 Å². The van der Waals surface area contributed by atoms with E-state index in [0.29, 0.717) is 37.1 Å². The van der Waals surface area contributed by atoms with Gasteiger partial charge in [-0.05, 0) is 62.7 Å². The summed E-state index contributed by atoms with van der Waals surface area (Å²) >= 11 is 0. The molecule has 0 saturated carbocycles. The molecule has 2 aromatic carbocycles. The smallest absolute Gasteiger partial charge is 0.491 e. The second kappa shape index (κ2) is 11.9. The van der Waals surface area contributed by atoms with Crippen molar-refractivity contribution in [2.75, 3.05) is 27.2 Å². The number of aryl methyl sites for hydroxylation is 2. The fraction of sp³-hybridized carbons (Fsp3) is 0.455. The van der Waals surface area contributed by atoms with Gasteiger partial charge in [0.25, 0.3) is 0 Å².